The molecule has 0 aliphatic heterocycles. The Morgan fingerprint density at radius 1 is 1.09 bits per heavy atom. The summed E-state index contributed by atoms with van der Waals surface area (Å²) in [4.78, 5) is 20.8. The number of nitrogens with zero attached hydrogens (tertiary/aromatic N) is 2. The first-order valence-electron chi connectivity index (χ1n) is 7.07. The van der Waals surface area contributed by atoms with Crippen molar-refractivity contribution in [2.45, 2.75) is 13.0 Å². The topological polar surface area (TPSA) is 33.2 Å². The van der Waals surface area contributed by atoms with Gasteiger partial charge in [-0.2, -0.15) is 0 Å². The summed E-state index contributed by atoms with van der Waals surface area (Å²) in [7, 11) is 0. The Labute approximate surface area is 137 Å². The molecule has 22 heavy (non-hydrogen) atoms. The molecule has 0 unspecified atom stereocenters. The lowest BCUT2D eigenvalue weighted by Gasteiger charge is -2.22. The van der Waals surface area contributed by atoms with Crippen LogP contribution >= 0.6 is 22.7 Å². The van der Waals surface area contributed by atoms with Gasteiger partial charge in [0.05, 0.1) is 4.88 Å². The van der Waals surface area contributed by atoms with Crippen molar-refractivity contribution in [1.82, 2.24) is 9.88 Å². The first-order valence-corrected chi connectivity index (χ1v) is 8.83. The largest absolute Gasteiger partial charge is 0.333 e. The van der Waals surface area contributed by atoms with Crippen LogP contribution < -0.4 is 0 Å². The van der Waals surface area contributed by atoms with Crippen molar-refractivity contribution < 1.29 is 4.79 Å². The second-order valence-electron chi connectivity index (χ2n) is 4.89. The second-order valence-corrected chi connectivity index (χ2v) is 6.87. The highest BCUT2D eigenvalue weighted by Gasteiger charge is 2.17. The lowest BCUT2D eigenvalue weighted by atomic mass is 10.2. The lowest BCUT2D eigenvalue weighted by molar-refractivity contribution is 0.0750. The van der Waals surface area contributed by atoms with Crippen LogP contribution in [0, 0.1) is 0 Å². The molecule has 3 nitrogen and oxygen atoms in total. The molecule has 0 aromatic carbocycles. The quantitative estimate of drug-likeness (QED) is 0.683. The van der Waals surface area contributed by atoms with Gasteiger partial charge >= 0.3 is 0 Å². The third-order valence-corrected chi connectivity index (χ3v) is 5.12. The average Bonchev–Trinajstić information content (AvgIpc) is 3.25. The monoisotopic (exact) mass is 328 g/mol. The van der Waals surface area contributed by atoms with Gasteiger partial charge in [-0.1, -0.05) is 18.2 Å². The van der Waals surface area contributed by atoms with E-state index in [1.807, 2.05) is 46.8 Å². The van der Waals surface area contributed by atoms with Crippen LogP contribution in [0.5, 0.6) is 0 Å². The van der Waals surface area contributed by atoms with Crippen molar-refractivity contribution in [2.24, 2.45) is 0 Å². The number of pyridine rings is 1. The van der Waals surface area contributed by atoms with Gasteiger partial charge in [-0.3, -0.25) is 9.78 Å². The van der Waals surface area contributed by atoms with Crippen LogP contribution in [0.1, 0.15) is 20.1 Å². The number of carbonyl (C=O) groups is 1. The van der Waals surface area contributed by atoms with Gasteiger partial charge in [0.1, 0.15) is 0 Å². The summed E-state index contributed by atoms with van der Waals surface area (Å²) in [5.74, 6) is 0.0930. The van der Waals surface area contributed by atoms with Gasteiger partial charge in [0, 0.05) is 30.4 Å². The molecule has 0 N–H and O–H groups in total. The van der Waals surface area contributed by atoms with Gasteiger partial charge in [0.2, 0.25) is 0 Å². The molecule has 0 aliphatic carbocycles. The van der Waals surface area contributed by atoms with E-state index >= 15 is 0 Å². The standard InChI is InChI=1S/C17H16N2OS2/c20-17(16-6-3-11-22-16)19(9-7-15-5-2-10-21-15)13-14-4-1-8-18-12-14/h1-6,8,10-12H,7,9,13H2. The van der Waals surface area contributed by atoms with E-state index in [0.29, 0.717) is 13.1 Å². The molecule has 0 bridgehead atoms. The molecule has 0 aliphatic rings. The maximum atomic E-state index is 12.7. The van der Waals surface area contributed by atoms with Crippen LogP contribution in [0.3, 0.4) is 0 Å². The Morgan fingerprint density at radius 3 is 2.64 bits per heavy atom. The molecular weight excluding hydrogens is 312 g/mol. The predicted molar refractivity (Wildman–Crippen MR) is 91.3 cm³/mol. The highest BCUT2D eigenvalue weighted by molar-refractivity contribution is 7.12. The Morgan fingerprint density at radius 2 is 1.95 bits per heavy atom. The molecule has 5 heteroatoms. The van der Waals surface area contributed by atoms with Gasteiger partial charge < -0.3 is 4.90 Å². The SMILES string of the molecule is O=C(c1cccs1)N(CCc1cccs1)Cc1cccnc1. The number of amides is 1. The molecule has 0 radical (unpaired) electrons. The van der Waals surface area contributed by atoms with E-state index in [4.69, 9.17) is 0 Å². The van der Waals surface area contributed by atoms with Crippen LogP contribution in [0.2, 0.25) is 0 Å². The third-order valence-electron chi connectivity index (χ3n) is 3.32. The first kappa shape index (κ1) is 14.9. The van der Waals surface area contributed by atoms with Crippen molar-refractivity contribution in [3.8, 4) is 0 Å². The Hall–Kier alpha value is -1.98. The normalized spacial score (nSPS) is 10.5. The second kappa shape index (κ2) is 7.33. The van der Waals surface area contributed by atoms with Crippen molar-refractivity contribution in [3.05, 3.63) is 74.9 Å². The molecule has 3 aromatic heterocycles. The van der Waals surface area contributed by atoms with Crippen LogP contribution in [-0.2, 0) is 13.0 Å². The molecule has 1 amide bonds. The molecule has 3 heterocycles. The van der Waals surface area contributed by atoms with E-state index in [1.165, 1.54) is 16.2 Å². The molecule has 0 saturated heterocycles. The summed E-state index contributed by atoms with van der Waals surface area (Å²) in [6.45, 7) is 1.31. The summed E-state index contributed by atoms with van der Waals surface area (Å²) >= 11 is 3.22. The number of carbonyl (C=O) groups excluding carboxylic acids is 1. The fraction of sp³-hybridized carbons (Fsp3) is 0.176. The summed E-state index contributed by atoms with van der Waals surface area (Å²) in [6.07, 6.45) is 4.45. The first-order chi connectivity index (χ1) is 10.8. The Balaban J connectivity index is 1.74. The van der Waals surface area contributed by atoms with Gasteiger partial charge in [0.15, 0.2) is 0 Å². The third kappa shape index (κ3) is 3.81. The Kier molecular flexibility index (Phi) is 4.98. The van der Waals surface area contributed by atoms with Crippen molar-refractivity contribution in [1.29, 1.82) is 0 Å². The highest BCUT2D eigenvalue weighted by Crippen LogP contribution is 2.16. The Bertz CT molecular complexity index is 694. The van der Waals surface area contributed by atoms with Gasteiger partial charge in [-0.25, -0.2) is 0 Å². The zero-order valence-electron chi connectivity index (χ0n) is 12.0. The highest BCUT2D eigenvalue weighted by atomic mass is 32.1. The van der Waals surface area contributed by atoms with Crippen molar-refractivity contribution in [2.75, 3.05) is 6.54 Å². The van der Waals surface area contributed by atoms with Crippen LogP contribution in [0.4, 0.5) is 0 Å². The molecule has 3 aromatic rings. The average molecular weight is 328 g/mol. The number of hydrogen-bond donors (Lipinski definition) is 0. The number of hydrogen-bond acceptors (Lipinski definition) is 4. The summed E-state index contributed by atoms with van der Waals surface area (Å²) in [5.41, 5.74) is 1.05. The van der Waals surface area contributed by atoms with Gasteiger partial charge in [-0.15, -0.1) is 22.7 Å². The zero-order chi connectivity index (χ0) is 15.2. The molecule has 0 saturated carbocycles. The lowest BCUT2D eigenvalue weighted by Crippen LogP contribution is -2.31. The van der Waals surface area contributed by atoms with Crippen LogP contribution in [0.15, 0.2) is 59.6 Å². The maximum Gasteiger partial charge on any atom is 0.264 e. The molecular formula is C17H16N2OS2. The van der Waals surface area contributed by atoms with E-state index in [2.05, 4.69) is 16.4 Å². The summed E-state index contributed by atoms with van der Waals surface area (Å²) < 4.78 is 0. The fourth-order valence-corrected chi connectivity index (χ4v) is 3.61. The molecule has 3 rings (SSSR count). The zero-order valence-corrected chi connectivity index (χ0v) is 13.6. The number of aromatic nitrogens is 1. The minimum atomic E-state index is 0.0930. The van der Waals surface area contributed by atoms with Crippen LogP contribution in [0.25, 0.3) is 0 Å². The smallest absolute Gasteiger partial charge is 0.264 e. The van der Waals surface area contributed by atoms with Crippen LogP contribution in [-0.4, -0.2) is 22.3 Å². The van der Waals surface area contributed by atoms with Crippen molar-refractivity contribution in [3.63, 3.8) is 0 Å². The van der Waals surface area contributed by atoms with E-state index in [9.17, 15) is 4.79 Å². The van der Waals surface area contributed by atoms with Gasteiger partial charge in [-0.05, 0) is 40.9 Å². The van der Waals surface area contributed by atoms with Gasteiger partial charge in [0.25, 0.3) is 5.91 Å². The van der Waals surface area contributed by atoms with E-state index < -0.39 is 0 Å². The summed E-state index contributed by atoms with van der Waals surface area (Å²) in [6, 6.07) is 11.9. The fourth-order valence-electron chi connectivity index (χ4n) is 2.22. The molecule has 112 valence electrons. The van der Waals surface area contributed by atoms with Crippen molar-refractivity contribution >= 4 is 28.6 Å². The minimum absolute atomic E-state index is 0.0930. The maximum absolute atomic E-state index is 12.7. The molecule has 0 fully saturated rings. The van der Waals surface area contributed by atoms with E-state index in [0.717, 1.165) is 16.9 Å². The number of thiophene rings is 2. The predicted octanol–water partition coefficient (Wildman–Crippen LogP) is 4.09. The molecule has 0 spiro atoms. The minimum Gasteiger partial charge on any atom is -0.333 e. The number of rotatable bonds is 6. The van der Waals surface area contributed by atoms with E-state index in [1.54, 1.807) is 17.5 Å². The van der Waals surface area contributed by atoms with E-state index in [-0.39, 0.29) is 5.91 Å². The summed E-state index contributed by atoms with van der Waals surface area (Å²) in [5, 5.41) is 4.01. The molecule has 0 atom stereocenters.